The van der Waals surface area contributed by atoms with Crippen molar-refractivity contribution >= 4 is 11.8 Å². The Hall–Kier alpha value is -1.06. The van der Waals surface area contributed by atoms with Gasteiger partial charge in [0.1, 0.15) is 0 Å². The molecule has 0 bridgehead atoms. The van der Waals surface area contributed by atoms with E-state index in [-0.39, 0.29) is 11.8 Å². The van der Waals surface area contributed by atoms with Gasteiger partial charge in [-0.3, -0.25) is 9.59 Å². The fourth-order valence-electron chi connectivity index (χ4n) is 5.20. The fourth-order valence-corrected chi connectivity index (χ4v) is 5.20. The van der Waals surface area contributed by atoms with Crippen LogP contribution < -0.4 is 5.32 Å². The first-order valence-electron chi connectivity index (χ1n) is 10.8. The third-order valence-corrected chi connectivity index (χ3v) is 6.77. The van der Waals surface area contributed by atoms with Crippen LogP contribution in [-0.4, -0.2) is 35.3 Å². The molecule has 1 saturated heterocycles. The highest BCUT2D eigenvalue weighted by atomic mass is 16.2. The molecule has 1 atom stereocenters. The Labute approximate surface area is 153 Å². The highest BCUT2D eigenvalue weighted by Crippen LogP contribution is 2.30. The van der Waals surface area contributed by atoms with Crippen LogP contribution in [0.1, 0.15) is 90.4 Å². The van der Waals surface area contributed by atoms with Crippen LogP contribution in [0.3, 0.4) is 0 Å². The summed E-state index contributed by atoms with van der Waals surface area (Å²) >= 11 is 0. The summed E-state index contributed by atoms with van der Waals surface area (Å²) in [5.74, 6) is 1.43. The second-order valence-corrected chi connectivity index (χ2v) is 8.56. The summed E-state index contributed by atoms with van der Waals surface area (Å²) in [6, 6.07) is 0.756. The molecule has 2 saturated carbocycles. The molecule has 4 heteroatoms. The van der Waals surface area contributed by atoms with Gasteiger partial charge in [-0.1, -0.05) is 19.8 Å². The van der Waals surface area contributed by atoms with Crippen LogP contribution in [0.5, 0.6) is 0 Å². The van der Waals surface area contributed by atoms with Crippen molar-refractivity contribution in [2.24, 2.45) is 11.8 Å². The Morgan fingerprint density at radius 3 is 2.28 bits per heavy atom. The number of likely N-dealkylation sites (tertiary alicyclic amines) is 1. The fraction of sp³-hybridized carbons (Fsp3) is 0.905. The number of hydrogen-bond donors (Lipinski definition) is 1. The van der Waals surface area contributed by atoms with Gasteiger partial charge in [-0.25, -0.2) is 0 Å². The van der Waals surface area contributed by atoms with Crippen molar-refractivity contribution < 1.29 is 9.59 Å². The van der Waals surface area contributed by atoms with Gasteiger partial charge in [0, 0.05) is 31.0 Å². The predicted molar refractivity (Wildman–Crippen MR) is 100 cm³/mol. The van der Waals surface area contributed by atoms with Crippen LogP contribution in [0, 0.1) is 11.8 Å². The number of amides is 2. The molecule has 1 N–H and O–H groups in total. The van der Waals surface area contributed by atoms with Crippen molar-refractivity contribution in [2.75, 3.05) is 6.54 Å². The van der Waals surface area contributed by atoms with Gasteiger partial charge in [0.2, 0.25) is 11.8 Å². The molecule has 1 unspecified atom stereocenters. The first-order chi connectivity index (χ1) is 12.2. The molecular formula is C21H36N2O2. The Morgan fingerprint density at radius 1 is 0.920 bits per heavy atom. The molecule has 2 aliphatic carbocycles. The Bertz CT molecular complexity index is 451. The lowest BCUT2D eigenvalue weighted by Crippen LogP contribution is -2.48. The van der Waals surface area contributed by atoms with Crippen molar-refractivity contribution in [3.8, 4) is 0 Å². The van der Waals surface area contributed by atoms with Gasteiger partial charge < -0.3 is 10.2 Å². The number of carbonyl (C=O) groups excluding carboxylic acids is 2. The molecule has 0 aromatic heterocycles. The van der Waals surface area contributed by atoms with Gasteiger partial charge in [-0.15, -0.1) is 0 Å². The molecule has 0 spiro atoms. The first kappa shape index (κ1) is 18.7. The van der Waals surface area contributed by atoms with E-state index in [1.54, 1.807) is 0 Å². The standard InChI is InChI=1S/C21H36N2O2/c1-2-19-9-5-6-14-23(19)21(25)17-10-12-18(13-11-17)22-20(24)15-16-7-3-4-8-16/h16-19H,2-15H2,1H3,(H,22,24). The lowest BCUT2D eigenvalue weighted by Gasteiger charge is -2.39. The van der Waals surface area contributed by atoms with E-state index in [1.165, 1.54) is 38.5 Å². The van der Waals surface area contributed by atoms with Crippen LogP contribution >= 0.6 is 0 Å². The molecule has 3 fully saturated rings. The Kier molecular flexibility index (Phi) is 6.77. The molecule has 0 radical (unpaired) electrons. The lowest BCUT2D eigenvalue weighted by molar-refractivity contribution is -0.140. The molecule has 25 heavy (non-hydrogen) atoms. The maximum absolute atomic E-state index is 12.9. The zero-order valence-electron chi connectivity index (χ0n) is 16.0. The SMILES string of the molecule is CCC1CCCCN1C(=O)C1CCC(NC(=O)CC2CCCC2)CC1. The number of nitrogens with zero attached hydrogens (tertiary/aromatic N) is 1. The second kappa shape index (κ2) is 9.05. The third kappa shape index (κ3) is 4.98. The Morgan fingerprint density at radius 2 is 1.60 bits per heavy atom. The van der Waals surface area contributed by atoms with E-state index in [1.807, 2.05) is 0 Å². The normalized spacial score (nSPS) is 31.1. The van der Waals surface area contributed by atoms with Crippen molar-refractivity contribution in [3.63, 3.8) is 0 Å². The molecule has 3 rings (SSSR count). The maximum Gasteiger partial charge on any atom is 0.225 e. The number of carbonyl (C=O) groups is 2. The highest BCUT2D eigenvalue weighted by Gasteiger charge is 2.33. The van der Waals surface area contributed by atoms with Gasteiger partial charge in [0.15, 0.2) is 0 Å². The van der Waals surface area contributed by atoms with Gasteiger partial charge in [-0.2, -0.15) is 0 Å². The minimum Gasteiger partial charge on any atom is -0.353 e. The summed E-state index contributed by atoms with van der Waals surface area (Å²) < 4.78 is 0. The van der Waals surface area contributed by atoms with Crippen LogP contribution in [0.4, 0.5) is 0 Å². The van der Waals surface area contributed by atoms with Gasteiger partial charge in [0.05, 0.1) is 0 Å². The first-order valence-corrected chi connectivity index (χ1v) is 10.8. The third-order valence-electron chi connectivity index (χ3n) is 6.77. The van der Waals surface area contributed by atoms with E-state index in [4.69, 9.17) is 0 Å². The summed E-state index contributed by atoms with van der Waals surface area (Å²) in [6.07, 6.45) is 14.3. The minimum absolute atomic E-state index is 0.190. The zero-order chi connectivity index (χ0) is 17.6. The largest absolute Gasteiger partial charge is 0.353 e. The second-order valence-electron chi connectivity index (χ2n) is 8.56. The topological polar surface area (TPSA) is 49.4 Å². The van der Waals surface area contributed by atoms with Crippen LogP contribution in [-0.2, 0) is 9.59 Å². The predicted octanol–water partition coefficient (Wildman–Crippen LogP) is 4.03. The van der Waals surface area contributed by atoms with E-state index in [9.17, 15) is 9.59 Å². The quantitative estimate of drug-likeness (QED) is 0.815. The van der Waals surface area contributed by atoms with E-state index in [2.05, 4.69) is 17.1 Å². The summed E-state index contributed by atoms with van der Waals surface area (Å²) in [6.45, 7) is 3.16. The van der Waals surface area contributed by atoms with Crippen LogP contribution in [0.15, 0.2) is 0 Å². The van der Waals surface area contributed by atoms with E-state index < -0.39 is 0 Å². The molecule has 4 nitrogen and oxygen atoms in total. The van der Waals surface area contributed by atoms with Crippen molar-refractivity contribution in [3.05, 3.63) is 0 Å². The molecular weight excluding hydrogens is 312 g/mol. The Balaban J connectivity index is 1.41. The number of piperidine rings is 1. The van der Waals surface area contributed by atoms with E-state index in [0.717, 1.165) is 45.1 Å². The van der Waals surface area contributed by atoms with Gasteiger partial charge >= 0.3 is 0 Å². The average Bonchev–Trinajstić information content (AvgIpc) is 3.14. The van der Waals surface area contributed by atoms with Gasteiger partial charge in [0.25, 0.3) is 0 Å². The zero-order valence-corrected chi connectivity index (χ0v) is 16.0. The molecule has 3 aliphatic rings. The molecule has 0 aromatic carbocycles. The van der Waals surface area contributed by atoms with E-state index in [0.29, 0.717) is 30.3 Å². The maximum atomic E-state index is 12.9. The van der Waals surface area contributed by atoms with Crippen molar-refractivity contribution in [1.82, 2.24) is 10.2 Å². The summed E-state index contributed by atoms with van der Waals surface area (Å²) in [5.41, 5.74) is 0. The molecule has 142 valence electrons. The van der Waals surface area contributed by atoms with Crippen molar-refractivity contribution in [2.45, 2.75) is 102 Å². The lowest BCUT2D eigenvalue weighted by atomic mass is 9.84. The monoisotopic (exact) mass is 348 g/mol. The smallest absolute Gasteiger partial charge is 0.225 e. The van der Waals surface area contributed by atoms with Crippen LogP contribution in [0.25, 0.3) is 0 Å². The van der Waals surface area contributed by atoms with Crippen LogP contribution in [0.2, 0.25) is 0 Å². The highest BCUT2D eigenvalue weighted by molar-refractivity contribution is 5.79. The minimum atomic E-state index is 0.190. The van der Waals surface area contributed by atoms with Crippen molar-refractivity contribution in [1.29, 1.82) is 0 Å². The molecule has 1 aliphatic heterocycles. The molecule has 2 amide bonds. The average molecular weight is 349 g/mol. The van der Waals surface area contributed by atoms with E-state index >= 15 is 0 Å². The number of rotatable bonds is 5. The van der Waals surface area contributed by atoms with Gasteiger partial charge in [-0.05, 0) is 70.1 Å². The molecule has 1 heterocycles. The number of nitrogens with one attached hydrogen (secondary N) is 1. The molecule has 0 aromatic rings. The summed E-state index contributed by atoms with van der Waals surface area (Å²) in [5, 5.41) is 3.24. The number of hydrogen-bond acceptors (Lipinski definition) is 2. The summed E-state index contributed by atoms with van der Waals surface area (Å²) in [7, 11) is 0. The summed E-state index contributed by atoms with van der Waals surface area (Å²) in [4.78, 5) is 27.3.